The fraction of sp³-hybridized carbons (Fsp3) is 0.143. The Kier molecular flexibility index (Phi) is 3.20. The topological polar surface area (TPSA) is 65.4 Å². The molecule has 2 N–H and O–H groups in total. The molecule has 1 aromatic carbocycles. The normalized spacial score (nSPS) is 10.9. The molecule has 0 spiro atoms. The van der Waals surface area contributed by atoms with Crippen molar-refractivity contribution in [3.05, 3.63) is 52.9 Å². The number of ether oxygens (including phenoxy) is 1. The van der Waals surface area contributed by atoms with E-state index in [-0.39, 0.29) is 6.61 Å². The summed E-state index contributed by atoms with van der Waals surface area (Å²) in [5, 5.41) is 8.78. The van der Waals surface area contributed by atoms with Crippen molar-refractivity contribution in [3.63, 3.8) is 0 Å². The maximum absolute atomic E-state index is 6.04. The van der Waals surface area contributed by atoms with Gasteiger partial charge in [0.2, 0.25) is 0 Å². The van der Waals surface area contributed by atoms with Crippen LogP contribution in [0.2, 0.25) is 5.02 Å². The fourth-order valence-corrected chi connectivity index (χ4v) is 2.09. The molecule has 0 aliphatic heterocycles. The molecule has 0 radical (unpaired) electrons. The Labute approximate surface area is 121 Å². The molecule has 0 aliphatic rings. The monoisotopic (exact) mass is 288 g/mol. The highest BCUT2D eigenvalue weighted by Crippen LogP contribution is 2.24. The van der Waals surface area contributed by atoms with Gasteiger partial charge in [0.1, 0.15) is 12.4 Å². The van der Waals surface area contributed by atoms with Crippen LogP contribution in [0.3, 0.4) is 0 Å². The molecule has 0 saturated heterocycles. The van der Waals surface area contributed by atoms with E-state index in [4.69, 9.17) is 22.1 Å². The average Bonchev–Trinajstić information content (AvgIpc) is 2.81. The number of pyridine rings is 1. The molecule has 2 heterocycles. The zero-order chi connectivity index (χ0) is 14.1. The Balaban J connectivity index is 1.88. The van der Waals surface area contributed by atoms with Crippen LogP contribution in [0.5, 0.6) is 5.75 Å². The number of nitrogen functional groups attached to an aromatic ring is 1. The molecule has 102 valence electrons. The highest BCUT2D eigenvalue weighted by atomic mass is 35.5. The lowest BCUT2D eigenvalue weighted by Crippen LogP contribution is -2.03. The summed E-state index contributed by atoms with van der Waals surface area (Å²) >= 11 is 6.04. The second kappa shape index (κ2) is 5.02. The first kappa shape index (κ1) is 12.7. The second-order valence-electron chi connectivity index (χ2n) is 4.48. The highest BCUT2D eigenvalue weighted by molar-refractivity contribution is 6.32. The zero-order valence-electron chi connectivity index (χ0n) is 10.9. The highest BCUT2D eigenvalue weighted by Gasteiger charge is 2.09. The predicted octanol–water partition coefficient (Wildman–Crippen LogP) is 2.85. The third kappa shape index (κ3) is 2.28. The number of rotatable bonds is 3. The molecular weight excluding hydrogens is 276 g/mol. The van der Waals surface area contributed by atoms with E-state index in [0.29, 0.717) is 22.3 Å². The Bertz CT molecular complexity index is 769. The van der Waals surface area contributed by atoms with Crippen LogP contribution in [0.25, 0.3) is 5.65 Å². The molecule has 6 heteroatoms. The number of anilines is 1. The van der Waals surface area contributed by atoms with E-state index in [9.17, 15) is 0 Å². The molecule has 0 amide bonds. The Morgan fingerprint density at radius 1 is 1.30 bits per heavy atom. The fourth-order valence-electron chi connectivity index (χ4n) is 1.90. The second-order valence-corrected chi connectivity index (χ2v) is 4.88. The van der Waals surface area contributed by atoms with E-state index in [2.05, 4.69) is 10.2 Å². The van der Waals surface area contributed by atoms with Gasteiger partial charge in [0.05, 0.1) is 10.7 Å². The summed E-state index contributed by atoms with van der Waals surface area (Å²) < 4.78 is 7.48. The maximum atomic E-state index is 6.04. The van der Waals surface area contributed by atoms with E-state index in [1.54, 1.807) is 12.3 Å². The zero-order valence-corrected chi connectivity index (χ0v) is 11.6. The van der Waals surface area contributed by atoms with Gasteiger partial charge in [-0.2, -0.15) is 0 Å². The van der Waals surface area contributed by atoms with Crippen LogP contribution < -0.4 is 10.5 Å². The quantitative estimate of drug-likeness (QED) is 0.805. The van der Waals surface area contributed by atoms with E-state index in [1.807, 2.05) is 35.6 Å². The van der Waals surface area contributed by atoms with Crippen molar-refractivity contribution < 1.29 is 4.74 Å². The molecule has 0 aliphatic carbocycles. The Hall–Kier alpha value is -2.27. The number of halogens is 1. The number of nitrogens with two attached hydrogens (primary N) is 1. The summed E-state index contributed by atoms with van der Waals surface area (Å²) in [5.74, 6) is 1.29. The summed E-state index contributed by atoms with van der Waals surface area (Å²) in [7, 11) is 0. The van der Waals surface area contributed by atoms with Crippen LogP contribution in [0.4, 0.5) is 5.69 Å². The number of aryl methyl sites for hydroxylation is 1. The molecule has 0 saturated carbocycles. The van der Waals surface area contributed by atoms with E-state index in [0.717, 1.165) is 11.2 Å². The molecule has 5 nitrogen and oxygen atoms in total. The van der Waals surface area contributed by atoms with Gasteiger partial charge in [-0.3, -0.25) is 4.40 Å². The van der Waals surface area contributed by atoms with E-state index < -0.39 is 0 Å². The van der Waals surface area contributed by atoms with Crippen molar-refractivity contribution in [3.8, 4) is 5.75 Å². The predicted molar refractivity (Wildman–Crippen MR) is 77.9 cm³/mol. The Morgan fingerprint density at radius 3 is 2.90 bits per heavy atom. The minimum absolute atomic E-state index is 0.271. The van der Waals surface area contributed by atoms with Crippen LogP contribution in [0.1, 0.15) is 11.4 Å². The third-order valence-corrected chi connectivity index (χ3v) is 3.37. The lowest BCUT2D eigenvalue weighted by Gasteiger charge is -2.07. The summed E-state index contributed by atoms with van der Waals surface area (Å²) in [6.45, 7) is 2.21. The van der Waals surface area contributed by atoms with Gasteiger partial charge in [-0.1, -0.05) is 23.7 Å². The lowest BCUT2D eigenvalue weighted by molar-refractivity contribution is 0.294. The van der Waals surface area contributed by atoms with Crippen LogP contribution in [-0.2, 0) is 6.61 Å². The lowest BCUT2D eigenvalue weighted by atomic mass is 10.2. The first-order chi connectivity index (χ1) is 9.65. The van der Waals surface area contributed by atoms with Gasteiger partial charge in [-0.15, -0.1) is 10.2 Å². The van der Waals surface area contributed by atoms with Crippen molar-refractivity contribution in [2.75, 3.05) is 5.73 Å². The molecule has 3 aromatic rings. The van der Waals surface area contributed by atoms with Gasteiger partial charge in [0.15, 0.2) is 11.5 Å². The van der Waals surface area contributed by atoms with Gasteiger partial charge in [0, 0.05) is 6.20 Å². The maximum Gasteiger partial charge on any atom is 0.175 e. The van der Waals surface area contributed by atoms with Crippen LogP contribution in [0.15, 0.2) is 36.5 Å². The van der Waals surface area contributed by atoms with E-state index >= 15 is 0 Å². The van der Waals surface area contributed by atoms with Crippen molar-refractivity contribution in [2.45, 2.75) is 13.5 Å². The van der Waals surface area contributed by atoms with Gasteiger partial charge in [0.25, 0.3) is 0 Å². The smallest absolute Gasteiger partial charge is 0.175 e. The molecular formula is C14H13ClN4O. The van der Waals surface area contributed by atoms with E-state index in [1.165, 1.54) is 0 Å². The first-order valence-electron chi connectivity index (χ1n) is 6.12. The number of benzene rings is 1. The number of nitrogens with zero attached hydrogens (tertiary/aromatic N) is 3. The third-order valence-electron chi connectivity index (χ3n) is 3.06. The number of fused-ring (bicyclic) bond motifs is 1. The number of para-hydroxylation sites is 1. The summed E-state index contributed by atoms with van der Waals surface area (Å²) in [6, 6.07) is 9.20. The SMILES string of the molecule is Cc1cc2nnc(COc3ccccc3Cl)n2cc1N. The van der Waals surface area contributed by atoms with Gasteiger partial charge in [-0.25, -0.2) is 0 Å². The van der Waals surface area contributed by atoms with Gasteiger partial charge >= 0.3 is 0 Å². The van der Waals surface area contributed by atoms with Crippen molar-refractivity contribution in [1.29, 1.82) is 0 Å². The molecule has 3 rings (SSSR count). The molecule has 20 heavy (non-hydrogen) atoms. The van der Waals surface area contributed by atoms with Crippen molar-refractivity contribution in [2.24, 2.45) is 0 Å². The minimum Gasteiger partial charge on any atom is -0.484 e. The molecule has 2 aromatic heterocycles. The van der Waals surface area contributed by atoms with Crippen LogP contribution in [-0.4, -0.2) is 14.6 Å². The standard InChI is InChI=1S/C14H13ClN4O/c1-9-6-13-17-18-14(19(13)7-11(9)16)8-20-12-5-3-2-4-10(12)15/h2-7H,8,16H2,1H3. The molecule has 0 unspecified atom stereocenters. The number of hydrogen-bond donors (Lipinski definition) is 1. The molecule has 0 atom stereocenters. The Morgan fingerprint density at radius 2 is 2.10 bits per heavy atom. The summed E-state index contributed by atoms with van der Waals surface area (Å²) in [4.78, 5) is 0. The number of hydrogen-bond acceptors (Lipinski definition) is 4. The first-order valence-corrected chi connectivity index (χ1v) is 6.50. The van der Waals surface area contributed by atoms with Gasteiger partial charge < -0.3 is 10.5 Å². The molecule has 0 bridgehead atoms. The average molecular weight is 289 g/mol. The number of aromatic nitrogens is 3. The largest absolute Gasteiger partial charge is 0.484 e. The van der Waals surface area contributed by atoms with Crippen molar-refractivity contribution in [1.82, 2.24) is 14.6 Å². The molecule has 0 fully saturated rings. The summed E-state index contributed by atoms with van der Waals surface area (Å²) in [5.41, 5.74) is 8.32. The summed E-state index contributed by atoms with van der Waals surface area (Å²) in [6.07, 6.45) is 1.80. The minimum atomic E-state index is 0.271. The van der Waals surface area contributed by atoms with Gasteiger partial charge in [-0.05, 0) is 30.7 Å². The van der Waals surface area contributed by atoms with Crippen molar-refractivity contribution >= 4 is 22.9 Å². The van der Waals surface area contributed by atoms with Crippen LogP contribution >= 0.6 is 11.6 Å². The van der Waals surface area contributed by atoms with Crippen LogP contribution in [0, 0.1) is 6.92 Å².